The van der Waals surface area contributed by atoms with Crippen LogP contribution in [-0.2, 0) is 23.9 Å². The Morgan fingerprint density at radius 1 is 1.06 bits per heavy atom. The molecule has 0 fully saturated rings. The molecule has 0 saturated carbocycles. The van der Waals surface area contributed by atoms with Crippen LogP contribution >= 0.6 is 0 Å². The number of rotatable bonds is 6. The van der Waals surface area contributed by atoms with Crippen LogP contribution in [0, 0.1) is 0 Å². The first-order valence-corrected chi connectivity index (χ1v) is 6.13. The largest absolute Gasteiger partial charge is 0.481 e. The van der Waals surface area contributed by atoms with Gasteiger partial charge in [-0.1, -0.05) is 0 Å². The fraction of sp³-hybridized carbons (Fsp3) is 0.750. The third kappa shape index (κ3) is 15.3. The van der Waals surface area contributed by atoms with Crippen LogP contribution in [0.3, 0.4) is 0 Å². The van der Waals surface area contributed by atoms with Crippen LogP contribution < -0.4 is 0 Å². The molecule has 0 amide bonds. The van der Waals surface area contributed by atoms with Crippen molar-refractivity contribution in [1.82, 2.24) is 0 Å². The smallest absolute Gasteiger partial charge is 0.303 e. The van der Waals surface area contributed by atoms with E-state index in [9.17, 15) is 18.0 Å². The first-order chi connectivity index (χ1) is 7.25. The molecule has 0 aromatic rings. The Hall–Kier alpha value is -1.15. The second-order valence-corrected chi connectivity index (χ2v) is 4.47. The van der Waals surface area contributed by atoms with E-state index in [0.29, 0.717) is 0 Å². The van der Waals surface area contributed by atoms with E-state index >= 15 is 0 Å². The summed E-state index contributed by atoms with van der Waals surface area (Å²) in [5.41, 5.74) is 0. The molecule has 0 unspecified atom stereocenters. The van der Waals surface area contributed by atoms with E-state index in [4.69, 9.17) is 10.2 Å². The van der Waals surface area contributed by atoms with Crippen molar-refractivity contribution in [2.24, 2.45) is 0 Å². The average molecular weight is 256 g/mol. The maximum atomic E-state index is 10.4. The normalized spacial score (nSPS) is 10.1. The molecule has 0 radical (unpaired) electrons. The van der Waals surface area contributed by atoms with Crippen LogP contribution in [0.1, 0.15) is 26.7 Å². The van der Waals surface area contributed by atoms with Crippen molar-refractivity contribution < 1.29 is 32.4 Å². The molecule has 0 atom stereocenters. The lowest BCUT2D eigenvalue weighted by atomic mass is 10.3. The van der Waals surface area contributed by atoms with E-state index in [1.807, 2.05) is 0 Å². The molecule has 0 aromatic carbocycles. The summed E-state index contributed by atoms with van der Waals surface area (Å²) in [6.07, 6.45) is -0.593. The topological polar surface area (TPSA) is 118 Å². The Morgan fingerprint density at radius 2 is 1.44 bits per heavy atom. The lowest BCUT2D eigenvalue weighted by molar-refractivity contribution is -0.143. The van der Waals surface area contributed by atoms with Gasteiger partial charge < -0.3 is 10.2 Å². The summed E-state index contributed by atoms with van der Waals surface area (Å²) >= 11 is 0. The predicted octanol–water partition coefficient (Wildman–Crippen LogP) is 0.308. The third-order valence-electron chi connectivity index (χ3n) is 1.20. The van der Waals surface area contributed by atoms with Gasteiger partial charge in [-0.2, -0.15) is 8.42 Å². The highest BCUT2D eigenvalue weighted by molar-refractivity contribution is 7.86. The Balaban J connectivity index is 0. The van der Waals surface area contributed by atoms with Crippen molar-refractivity contribution in [3.05, 3.63) is 0 Å². The lowest BCUT2D eigenvalue weighted by Gasteiger charge is -1.95. The number of aliphatic carboxylic acids is 2. The van der Waals surface area contributed by atoms with Gasteiger partial charge in [0.2, 0.25) is 0 Å². The Bertz CT molecular complexity index is 292. The maximum absolute atomic E-state index is 10.4. The standard InChI is InChI=1S/C4H6O4.C4H10O3S/c5-3(6)1-2-4(7)8;1-3-7-8(5,6)4-2/h1-2H2,(H,5,6)(H,7,8);3-4H2,1-2H3. The number of carboxylic acid groups (broad SMARTS) is 2. The van der Waals surface area contributed by atoms with Gasteiger partial charge in [-0.15, -0.1) is 0 Å². The predicted molar refractivity (Wildman–Crippen MR) is 55.6 cm³/mol. The molecule has 8 heteroatoms. The molecule has 0 heterocycles. The highest BCUT2D eigenvalue weighted by Gasteiger charge is 2.03. The summed E-state index contributed by atoms with van der Waals surface area (Å²) in [6.45, 7) is 3.42. The molecule has 0 spiro atoms. The SMILES string of the molecule is CCOS(=O)(=O)CC.O=C(O)CCC(=O)O. The molecule has 0 saturated heterocycles. The zero-order chi connectivity index (χ0) is 13.2. The lowest BCUT2D eigenvalue weighted by Crippen LogP contribution is -2.06. The van der Waals surface area contributed by atoms with Crippen LogP contribution in [0.25, 0.3) is 0 Å². The molecule has 0 aliphatic heterocycles. The fourth-order valence-electron chi connectivity index (χ4n) is 0.477. The van der Waals surface area contributed by atoms with Crippen molar-refractivity contribution in [3.63, 3.8) is 0 Å². The van der Waals surface area contributed by atoms with Crippen molar-refractivity contribution in [2.45, 2.75) is 26.7 Å². The number of hydrogen-bond donors (Lipinski definition) is 2. The van der Waals surface area contributed by atoms with Gasteiger partial charge in [0.25, 0.3) is 10.1 Å². The van der Waals surface area contributed by atoms with Gasteiger partial charge in [-0.05, 0) is 13.8 Å². The molecule has 7 nitrogen and oxygen atoms in total. The number of carbonyl (C=O) groups is 2. The summed E-state index contributed by atoms with van der Waals surface area (Å²) < 4.78 is 25.1. The zero-order valence-corrected chi connectivity index (χ0v) is 9.99. The summed E-state index contributed by atoms with van der Waals surface area (Å²) in [5.74, 6) is -2.10. The van der Waals surface area contributed by atoms with Gasteiger partial charge in [0.15, 0.2) is 0 Å². The first kappa shape index (κ1) is 17.3. The zero-order valence-electron chi connectivity index (χ0n) is 9.17. The Kier molecular flexibility index (Phi) is 9.82. The van der Waals surface area contributed by atoms with Crippen LogP contribution in [0.4, 0.5) is 0 Å². The van der Waals surface area contributed by atoms with Gasteiger partial charge >= 0.3 is 11.9 Å². The number of hydrogen-bond acceptors (Lipinski definition) is 5. The Labute approximate surface area is 94.2 Å². The highest BCUT2D eigenvalue weighted by Crippen LogP contribution is 1.89. The van der Waals surface area contributed by atoms with Gasteiger partial charge in [0, 0.05) is 0 Å². The second kappa shape index (κ2) is 9.10. The summed E-state index contributed by atoms with van der Waals surface area (Å²) in [5, 5.41) is 15.8. The molecular formula is C8H16O7S. The monoisotopic (exact) mass is 256 g/mol. The van der Waals surface area contributed by atoms with Gasteiger partial charge in [-0.25, -0.2) is 0 Å². The average Bonchev–Trinajstić information content (AvgIpc) is 2.16. The summed E-state index contributed by atoms with van der Waals surface area (Å²) in [6, 6.07) is 0. The van der Waals surface area contributed by atoms with E-state index in [1.54, 1.807) is 13.8 Å². The fourth-order valence-corrected chi connectivity index (χ4v) is 1.00. The first-order valence-electron chi connectivity index (χ1n) is 4.55. The molecule has 16 heavy (non-hydrogen) atoms. The van der Waals surface area contributed by atoms with Crippen molar-refractivity contribution in [1.29, 1.82) is 0 Å². The van der Waals surface area contributed by atoms with Crippen molar-refractivity contribution in [2.75, 3.05) is 12.4 Å². The van der Waals surface area contributed by atoms with Crippen LogP contribution in [0.15, 0.2) is 0 Å². The molecule has 0 bridgehead atoms. The van der Waals surface area contributed by atoms with Gasteiger partial charge in [-0.3, -0.25) is 13.8 Å². The molecule has 96 valence electrons. The van der Waals surface area contributed by atoms with Crippen molar-refractivity contribution >= 4 is 22.1 Å². The van der Waals surface area contributed by atoms with Crippen molar-refractivity contribution in [3.8, 4) is 0 Å². The van der Waals surface area contributed by atoms with E-state index in [2.05, 4.69) is 4.18 Å². The molecule has 0 aromatic heterocycles. The minimum atomic E-state index is -3.17. The van der Waals surface area contributed by atoms with Crippen LogP contribution in [0.2, 0.25) is 0 Å². The minimum Gasteiger partial charge on any atom is -0.481 e. The second-order valence-electron chi connectivity index (χ2n) is 2.54. The minimum absolute atomic E-state index is 0.0564. The molecule has 0 aliphatic rings. The van der Waals surface area contributed by atoms with E-state index in [1.165, 1.54) is 0 Å². The molecule has 0 rings (SSSR count). The van der Waals surface area contributed by atoms with E-state index in [0.717, 1.165) is 0 Å². The summed E-state index contributed by atoms with van der Waals surface area (Å²) in [4.78, 5) is 19.3. The highest BCUT2D eigenvalue weighted by atomic mass is 32.2. The van der Waals surface area contributed by atoms with Crippen LogP contribution in [0.5, 0.6) is 0 Å². The van der Waals surface area contributed by atoms with E-state index in [-0.39, 0.29) is 25.2 Å². The van der Waals surface area contributed by atoms with Gasteiger partial charge in [0.1, 0.15) is 0 Å². The van der Waals surface area contributed by atoms with E-state index < -0.39 is 22.1 Å². The van der Waals surface area contributed by atoms with Crippen LogP contribution in [-0.4, -0.2) is 42.9 Å². The van der Waals surface area contributed by atoms with Gasteiger partial charge in [0.05, 0.1) is 25.2 Å². The summed E-state index contributed by atoms with van der Waals surface area (Å²) in [7, 11) is -3.17. The molecular weight excluding hydrogens is 240 g/mol. The molecule has 0 aliphatic carbocycles. The maximum Gasteiger partial charge on any atom is 0.303 e. The molecule has 2 N–H and O–H groups in total. The third-order valence-corrected chi connectivity index (χ3v) is 2.51. The quantitative estimate of drug-likeness (QED) is 0.656. The number of carboxylic acids is 2. The Morgan fingerprint density at radius 3 is 1.56 bits per heavy atom.